The topological polar surface area (TPSA) is 74.4 Å². The minimum Gasteiger partial charge on any atom is -0.397 e. The summed E-state index contributed by atoms with van der Waals surface area (Å²) in [6, 6.07) is 6.37. The third kappa shape index (κ3) is 3.48. The van der Waals surface area contributed by atoms with Crippen LogP contribution in [0, 0.1) is 0 Å². The highest BCUT2D eigenvalue weighted by atomic mass is 35.5. The molecule has 9 heteroatoms. The van der Waals surface area contributed by atoms with E-state index in [2.05, 4.69) is 4.98 Å². The molecule has 0 atom stereocenters. The zero-order valence-electron chi connectivity index (χ0n) is 12.6. The van der Waals surface area contributed by atoms with Crippen LogP contribution in [-0.4, -0.2) is 18.2 Å². The van der Waals surface area contributed by atoms with Gasteiger partial charge < -0.3 is 14.8 Å². The lowest BCUT2D eigenvalue weighted by molar-refractivity contribution is 0.0910. The number of hydrogen-bond acceptors (Lipinski definition) is 5. The van der Waals surface area contributed by atoms with Gasteiger partial charge in [-0.25, -0.2) is 4.98 Å². The summed E-state index contributed by atoms with van der Waals surface area (Å²) in [5.41, 5.74) is 5.15. The summed E-state index contributed by atoms with van der Waals surface area (Å²) in [7, 11) is -4.10. The number of anilines is 1. The Kier molecular flexibility index (Phi) is 5.26. The predicted octanol–water partition coefficient (Wildman–Crippen LogP) is 4.00. The number of para-hydroxylation sites is 1. The van der Waals surface area contributed by atoms with Crippen LogP contribution in [0.4, 0.5) is 14.5 Å². The number of nitrogen functional groups attached to an aromatic ring is 1. The van der Waals surface area contributed by atoms with Crippen LogP contribution in [0.3, 0.4) is 0 Å². The highest BCUT2D eigenvalue weighted by molar-refractivity contribution is 7.62. The van der Waals surface area contributed by atoms with E-state index in [1.54, 1.807) is 32.0 Å². The lowest BCUT2D eigenvalue weighted by atomic mass is 10.1. The van der Waals surface area contributed by atoms with Crippen molar-refractivity contribution < 1.29 is 22.4 Å². The summed E-state index contributed by atoms with van der Waals surface area (Å²) in [6.45, 7) is 3.09. The van der Waals surface area contributed by atoms with Gasteiger partial charge in [0, 0.05) is 5.39 Å². The molecule has 23 heavy (non-hydrogen) atoms. The molecule has 5 nitrogen and oxygen atoms in total. The summed E-state index contributed by atoms with van der Waals surface area (Å²) in [5, 5.41) is -4.00. The molecule has 1 aromatic carbocycles. The molecule has 126 valence electrons. The van der Waals surface area contributed by atoms with Crippen LogP contribution in [0.2, 0.25) is 0 Å². The minimum atomic E-state index is -4.10. The van der Waals surface area contributed by atoms with Gasteiger partial charge in [-0.05, 0) is 31.5 Å². The smallest absolute Gasteiger partial charge is 0.365 e. The monoisotopic (exact) mass is 364 g/mol. The molecule has 0 unspecified atom stereocenters. The fraction of sp³-hybridized carbons (Fsp3) is 0.357. The molecule has 0 spiro atoms. The lowest BCUT2D eigenvalue weighted by Crippen LogP contribution is -2.26. The first-order valence-corrected chi connectivity index (χ1v) is 8.81. The molecule has 0 aliphatic carbocycles. The van der Waals surface area contributed by atoms with Gasteiger partial charge in [0.1, 0.15) is 11.0 Å². The number of nitrogens with zero attached hydrogens (tertiary/aromatic N) is 1. The van der Waals surface area contributed by atoms with Crippen LogP contribution in [0.1, 0.15) is 19.5 Å². The molecule has 2 aromatic rings. The normalized spacial score (nSPS) is 12.7. The molecule has 2 N–H and O–H groups in total. The van der Waals surface area contributed by atoms with E-state index in [9.17, 15) is 13.3 Å². The van der Waals surface area contributed by atoms with Gasteiger partial charge in [0.25, 0.3) is 0 Å². The summed E-state index contributed by atoms with van der Waals surface area (Å²) in [5.74, 6) is 0. The number of rotatable bonds is 6. The molecular formula is C14H16ClF2N2O3P. The van der Waals surface area contributed by atoms with Crippen molar-refractivity contribution in [3.8, 4) is 0 Å². The maximum absolute atomic E-state index is 13.8. The molecule has 2 rings (SSSR count). The molecule has 0 aliphatic heterocycles. The van der Waals surface area contributed by atoms with Crippen molar-refractivity contribution in [2.24, 2.45) is 0 Å². The highest BCUT2D eigenvalue weighted by Gasteiger charge is 2.43. The van der Waals surface area contributed by atoms with Crippen molar-refractivity contribution in [3.05, 3.63) is 30.0 Å². The van der Waals surface area contributed by atoms with E-state index in [0.717, 1.165) is 0 Å². The Morgan fingerprint density at radius 2 is 1.83 bits per heavy atom. The number of halogens is 3. The second-order valence-electron chi connectivity index (χ2n) is 4.57. The van der Waals surface area contributed by atoms with Crippen molar-refractivity contribution in [2.45, 2.75) is 19.2 Å². The van der Waals surface area contributed by atoms with Crippen LogP contribution >= 0.6 is 19.2 Å². The molecule has 0 saturated heterocycles. The molecule has 1 aromatic heterocycles. The summed E-state index contributed by atoms with van der Waals surface area (Å²) < 4.78 is 51.0. The Labute approximate surface area is 137 Å². The second kappa shape index (κ2) is 6.69. The Hall–Kier alpha value is -1.27. The largest absolute Gasteiger partial charge is 0.397 e. The molecule has 0 bridgehead atoms. The molecule has 0 fully saturated rings. The first-order valence-electron chi connectivity index (χ1n) is 6.89. The predicted molar refractivity (Wildman–Crippen MR) is 86.4 cm³/mol. The fourth-order valence-corrected chi connectivity index (χ4v) is 4.29. The van der Waals surface area contributed by atoms with Crippen LogP contribution in [0.25, 0.3) is 10.9 Å². The Morgan fingerprint density at radius 3 is 2.35 bits per heavy atom. The van der Waals surface area contributed by atoms with E-state index in [0.29, 0.717) is 5.39 Å². The molecule has 0 radical (unpaired) electrons. The number of fused-ring (bicyclic) bond motifs is 1. The van der Waals surface area contributed by atoms with Gasteiger partial charge in [0.15, 0.2) is 0 Å². The summed E-state index contributed by atoms with van der Waals surface area (Å²) in [4.78, 5) is 3.84. The number of nitrogens with two attached hydrogens (primary N) is 1. The van der Waals surface area contributed by atoms with Gasteiger partial charge in [-0.1, -0.05) is 18.2 Å². The van der Waals surface area contributed by atoms with E-state index in [1.165, 1.54) is 6.07 Å². The van der Waals surface area contributed by atoms with Crippen LogP contribution < -0.4 is 11.0 Å². The summed E-state index contributed by atoms with van der Waals surface area (Å²) >= 11 is 5.16. The quantitative estimate of drug-likeness (QED) is 0.619. The Morgan fingerprint density at radius 1 is 1.26 bits per heavy atom. The Bertz CT molecular complexity index is 758. The van der Waals surface area contributed by atoms with E-state index in [-0.39, 0.29) is 24.4 Å². The number of aromatic nitrogens is 1. The zero-order valence-corrected chi connectivity index (χ0v) is 14.2. The fourth-order valence-electron chi connectivity index (χ4n) is 2.21. The van der Waals surface area contributed by atoms with Crippen molar-refractivity contribution in [1.29, 1.82) is 0 Å². The van der Waals surface area contributed by atoms with Crippen molar-refractivity contribution in [2.75, 3.05) is 18.9 Å². The van der Waals surface area contributed by atoms with Crippen molar-refractivity contribution >= 4 is 41.1 Å². The third-order valence-corrected chi connectivity index (χ3v) is 5.42. The van der Waals surface area contributed by atoms with Gasteiger partial charge in [-0.15, -0.1) is 0 Å². The van der Waals surface area contributed by atoms with Gasteiger partial charge >= 0.3 is 13.0 Å². The van der Waals surface area contributed by atoms with Gasteiger partial charge in [-0.3, -0.25) is 4.57 Å². The summed E-state index contributed by atoms with van der Waals surface area (Å²) in [6.07, 6.45) is 0. The van der Waals surface area contributed by atoms with E-state index < -0.39 is 24.0 Å². The molecular weight excluding hydrogens is 349 g/mol. The maximum Gasteiger partial charge on any atom is 0.365 e. The SMILES string of the molecule is CCOP(=O)(OCC)c1c(C(F)(F)Cl)nc2ccccc2c1N. The zero-order chi connectivity index (χ0) is 17.3. The average molecular weight is 365 g/mol. The first-order chi connectivity index (χ1) is 10.7. The van der Waals surface area contributed by atoms with Crippen LogP contribution in [0.15, 0.2) is 24.3 Å². The number of hydrogen-bond donors (Lipinski definition) is 1. The molecule has 0 aliphatic rings. The molecule has 0 saturated carbocycles. The first kappa shape index (κ1) is 18.1. The number of alkyl halides is 3. The Balaban J connectivity index is 2.88. The van der Waals surface area contributed by atoms with Gasteiger partial charge in [0.05, 0.1) is 24.4 Å². The second-order valence-corrected chi connectivity index (χ2v) is 7.00. The van der Waals surface area contributed by atoms with Gasteiger partial charge in [0.2, 0.25) is 0 Å². The van der Waals surface area contributed by atoms with Crippen LogP contribution in [-0.2, 0) is 19.0 Å². The average Bonchev–Trinajstić information content (AvgIpc) is 2.46. The maximum atomic E-state index is 13.8. The van der Waals surface area contributed by atoms with Gasteiger partial charge in [-0.2, -0.15) is 8.78 Å². The molecule has 0 amide bonds. The van der Waals surface area contributed by atoms with E-state index in [1.807, 2.05) is 0 Å². The number of benzene rings is 1. The van der Waals surface area contributed by atoms with Crippen LogP contribution in [0.5, 0.6) is 0 Å². The lowest BCUT2D eigenvalue weighted by Gasteiger charge is -2.23. The number of pyridine rings is 1. The molecule has 1 heterocycles. The third-order valence-electron chi connectivity index (χ3n) is 3.05. The van der Waals surface area contributed by atoms with Crippen molar-refractivity contribution in [3.63, 3.8) is 0 Å². The van der Waals surface area contributed by atoms with E-state index in [4.69, 9.17) is 26.4 Å². The standard InChI is InChI=1S/C14H16ClF2N2O3P/c1-3-21-23(20,22-4-2)12-11(18)9-7-5-6-8-10(9)19-13(12)14(15,16)17/h5-8H,3-4H2,1-2H3,(H2,18,19). The van der Waals surface area contributed by atoms with Crippen molar-refractivity contribution in [1.82, 2.24) is 4.98 Å². The highest BCUT2D eigenvalue weighted by Crippen LogP contribution is 2.52. The van der Waals surface area contributed by atoms with E-state index >= 15 is 0 Å². The minimum absolute atomic E-state index is 0.0170.